The SMILES string of the molecule is O=C(O)CCC(=O)OCCOC(=O)CCC1(CCC(=O)OCCOC(=O)CCC(=O)O)c2ccccc2-c2cc3ccccc3cc21. The molecule has 248 valence electrons. The molecule has 0 amide bonds. The Morgan fingerprint density at radius 3 is 1.40 bits per heavy atom. The van der Waals surface area contributed by atoms with Gasteiger partial charge < -0.3 is 29.2 Å². The molecule has 1 aliphatic carbocycles. The molecule has 0 fully saturated rings. The molecule has 0 bridgehead atoms. The highest BCUT2D eigenvalue weighted by molar-refractivity contribution is 5.94. The van der Waals surface area contributed by atoms with E-state index in [-0.39, 0.29) is 65.0 Å². The maximum atomic E-state index is 12.9. The molecule has 0 saturated heterocycles. The maximum absolute atomic E-state index is 12.9. The second-order valence-corrected chi connectivity index (χ2v) is 11.0. The molecule has 0 aliphatic heterocycles. The highest BCUT2D eigenvalue weighted by atomic mass is 16.6. The number of fused-ring (bicyclic) bond motifs is 4. The molecule has 3 aromatic rings. The van der Waals surface area contributed by atoms with Crippen molar-refractivity contribution in [3.05, 3.63) is 71.8 Å². The molecule has 0 saturated carbocycles. The average Bonchev–Trinajstić information content (AvgIpc) is 3.32. The Morgan fingerprint density at radius 2 is 0.915 bits per heavy atom. The van der Waals surface area contributed by atoms with E-state index in [1.807, 2.05) is 48.5 Å². The fraction of sp³-hybridized carbons (Fsp3) is 0.371. The van der Waals surface area contributed by atoms with Crippen LogP contribution in [0.5, 0.6) is 0 Å². The summed E-state index contributed by atoms with van der Waals surface area (Å²) in [4.78, 5) is 70.3. The fourth-order valence-corrected chi connectivity index (χ4v) is 5.76. The summed E-state index contributed by atoms with van der Waals surface area (Å²) in [7, 11) is 0. The molecule has 1 aliphatic rings. The minimum absolute atomic E-state index is 0.00506. The zero-order valence-corrected chi connectivity index (χ0v) is 25.7. The van der Waals surface area contributed by atoms with Gasteiger partial charge in [0.05, 0.1) is 25.7 Å². The van der Waals surface area contributed by atoms with E-state index in [0.717, 1.165) is 33.0 Å². The van der Waals surface area contributed by atoms with Gasteiger partial charge in [0.2, 0.25) is 0 Å². The molecule has 0 atom stereocenters. The van der Waals surface area contributed by atoms with Crippen molar-refractivity contribution >= 4 is 46.6 Å². The minimum Gasteiger partial charge on any atom is -0.481 e. The summed E-state index contributed by atoms with van der Waals surface area (Å²) in [6.45, 7) is -0.771. The Morgan fingerprint density at radius 1 is 0.489 bits per heavy atom. The first kappa shape index (κ1) is 34.6. The predicted molar refractivity (Wildman–Crippen MR) is 166 cm³/mol. The van der Waals surface area contributed by atoms with Gasteiger partial charge in [-0.25, -0.2) is 0 Å². The van der Waals surface area contributed by atoms with Crippen molar-refractivity contribution in [3.63, 3.8) is 0 Å². The lowest BCUT2D eigenvalue weighted by molar-refractivity contribution is -0.153. The van der Waals surface area contributed by atoms with Gasteiger partial charge >= 0.3 is 35.8 Å². The molecule has 2 N–H and O–H groups in total. The molecule has 3 aromatic carbocycles. The van der Waals surface area contributed by atoms with Gasteiger partial charge in [0, 0.05) is 18.3 Å². The highest BCUT2D eigenvalue weighted by Crippen LogP contribution is 2.54. The van der Waals surface area contributed by atoms with Crippen LogP contribution < -0.4 is 0 Å². The third-order valence-electron chi connectivity index (χ3n) is 7.95. The summed E-state index contributed by atoms with van der Waals surface area (Å²) in [6, 6.07) is 20.0. The molecule has 0 spiro atoms. The summed E-state index contributed by atoms with van der Waals surface area (Å²) >= 11 is 0. The van der Waals surface area contributed by atoms with E-state index in [9.17, 15) is 28.8 Å². The topological polar surface area (TPSA) is 180 Å². The van der Waals surface area contributed by atoms with Crippen LogP contribution in [-0.2, 0) is 53.1 Å². The van der Waals surface area contributed by atoms with Crippen LogP contribution in [0.1, 0.15) is 62.5 Å². The lowest BCUT2D eigenvalue weighted by Crippen LogP contribution is -2.28. The number of carbonyl (C=O) groups excluding carboxylic acids is 4. The van der Waals surface area contributed by atoms with Crippen molar-refractivity contribution in [2.75, 3.05) is 26.4 Å². The van der Waals surface area contributed by atoms with E-state index in [1.165, 1.54) is 0 Å². The van der Waals surface area contributed by atoms with Crippen LogP contribution >= 0.6 is 0 Å². The number of hydrogen-bond acceptors (Lipinski definition) is 10. The number of carbonyl (C=O) groups is 6. The van der Waals surface area contributed by atoms with Crippen molar-refractivity contribution in [2.24, 2.45) is 0 Å². The van der Waals surface area contributed by atoms with E-state index in [1.54, 1.807) is 0 Å². The maximum Gasteiger partial charge on any atom is 0.306 e. The summed E-state index contributed by atoms with van der Waals surface area (Å²) in [5.41, 5.74) is 3.18. The average molecular weight is 649 g/mol. The Kier molecular flexibility index (Phi) is 12.0. The third-order valence-corrected chi connectivity index (χ3v) is 7.95. The number of hydrogen-bond donors (Lipinski definition) is 2. The van der Waals surface area contributed by atoms with Crippen LogP contribution in [-0.4, -0.2) is 72.5 Å². The van der Waals surface area contributed by atoms with Crippen molar-refractivity contribution in [1.82, 2.24) is 0 Å². The smallest absolute Gasteiger partial charge is 0.306 e. The fourth-order valence-electron chi connectivity index (χ4n) is 5.76. The number of benzene rings is 3. The molecule has 47 heavy (non-hydrogen) atoms. The molecular formula is C35H36O12. The zero-order chi connectivity index (χ0) is 33.8. The van der Waals surface area contributed by atoms with Gasteiger partial charge in [0.15, 0.2) is 0 Å². The first-order valence-electron chi connectivity index (χ1n) is 15.3. The molecule has 4 rings (SSSR count). The van der Waals surface area contributed by atoms with Gasteiger partial charge in [-0.15, -0.1) is 0 Å². The van der Waals surface area contributed by atoms with Crippen LogP contribution in [0.25, 0.3) is 21.9 Å². The number of carboxylic acid groups (broad SMARTS) is 2. The normalized spacial score (nSPS) is 12.4. The van der Waals surface area contributed by atoms with E-state index in [2.05, 4.69) is 12.1 Å². The molecule has 12 nitrogen and oxygen atoms in total. The summed E-state index contributed by atoms with van der Waals surface area (Å²) in [6.07, 6.45) is -0.658. The largest absolute Gasteiger partial charge is 0.481 e. The number of carboxylic acids is 2. The molecule has 0 aromatic heterocycles. The van der Waals surface area contributed by atoms with Gasteiger partial charge in [-0.05, 0) is 58.0 Å². The van der Waals surface area contributed by atoms with E-state index in [0.29, 0.717) is 12.8 Å². The molecule has 0 unspecified atom stereocenters. The Labute approximate surface area is 270 Å². The van der Waals surface area contributed by atoms with Crippen molar-refractivity contribution < 1.29 is 57.9 Å². The van der Waals surface area contributed by atoms with Gasteiger partial charge in [0.1, 0.15) is 26.4 Å². The van der Waals surface area contributed by atoms with Crippen LogP contribution in [0.3, 0.4) is 0 Å². The van der Waals surface area contributed by atoms with Crippen LogP contribution in [0.2, 0.25) is 0 Å². The summed E-state index contributed by atoms with van der Waals surface area (Å²) in [5, 5.41) is 19.4. The Bertz CT molecular complexity index is 1590. The number of aliphatic carboxylic acids is 2. The molecule has 12 heteroatoms. The Balaban J connectivity index is 1.45. The minimum atomic E-state index is -1.12. The van der Waals surface area contributed by atoms with Gasteiger partial charge in [0.25, 0.3) is 0 Å². The molecular weight excluding hydrogens is 612 g/mol. The first-order chi connectivity index (χ1) is 22.6. The number of rotatable bonds is 18. The number of esters is 4. The van der Waals surface area contributed by atoms with Gasteiger partial charge in [-0.3, -0.25) is 28.8 Å². The van der Waals surface area contributed by atoms with E-state index < -0.39 is 41.2 Å². The zero-order valence-electron chi connectivity index (χ0n) is 25.7. The van der Waals surface area contributed by atoms with Crippen molar-refractivity contribution in [1.29, 1.82) is 0 Å². The van der Waals surface area contributed by atoms with Crippen LogP contribution in [0.4, 0.5) is 0 Å². The van der Waals surface area contributed by atoms with Crippen LogP contribution in [0.15, 0.2) is 60.7 Å². The summed E-state index contributed by atoms with van der Waals surface area (Å²) < 4.78 is 20.5. The van der Waals surface area contributed by atoms with Gasteiger partial charge in [-0.1, -0.05) is 48.5 Å². The van der Waals surface area contributed by atoms with E-state index in [4.69, 9.17) is 29.2 Å². The Hall–Kier alpha value is -5.26. The van der Waals surface area contributed by atoms with Crippen molar-refractivity contribution in [3.8, 4) is 11.1 Å². The molecule has 0 radical (unpaired) electrons. The highest BCUT2D eigenvalue weighted by Gasteiger charge is 2.43. The monoisotopic (exact) mass is 648 g/mol. The second-order valence-electron chi connectivity index (χ2n) is 11.0. The van der Waals surface area contributed by atoms with Gasteiger partial charge in [-0.2, -0.15) is 0 Å². The lowest BCUT2D eigenvalue weighted by Gasteiger charge is -2.32. The first-order valence-corrected chi connectivity index (χ1v) is 15.3. The third kappa shape index (κ3) is 9.38. The summed E-state index contributed by atoms with van der Waals surface area (Å²) in [5.74, 6) is -4.67. The standard InChI is InChI=1S/C35H36O12/c36-29(37)9-11-31(40)44-17-19-46-33(42)13-15-35(16-14-34(43)47-20-18-45-32(41)12-10-30(38)39)27-8-4-3-7-25(27)26-21-23-5-1-2-6-24(23)22-28(26)35/h1-8,21-22H,9-20H2,(H,36,37)(H,38,39). The lowest BCUT2D eigenvalue weighted by atomic mass is 9.71. The number of ether oxygens (including phenoxy) is 4. The molecule has 0 heterocycles. The van der Waals surface area contributed by atoms with Crippen molar-refractivity contribution in [2.45, 2.75) is 56.8 Å². The second kappa shape index (κ2) is 16.3. The van der Waals surface area contributed by atoms with E-state index >= 15 is 0 Å². The predicted octanol–water partition coefficient (Wildman–Crippen LogP) is 4.57. The quantitative estimate of drug-likeness (QED) is 0.112. The van der Waals surface area contributed by atoms with Crippen LogP contribution in [0, 0.1) is 0 Å².